The van der Waals surface area contributed by atoms with E-state index in [-0.39, 0.29) is 17.7 Å². The fourth-order valence-electron chi connectivity index (χ4n) is 2.29. The van der Waals surface area contributed by atoms with Gasteiger partial charge in [0.05, 0.1) is 18.7 Å². The molecule has 19 heavy (non-hydrogen) atoms. The van der Waals surface area contributed by atoms with Gasteiger partial charge in [-0.15, -0.1) is 0 Å². The van der Waals surface area contributed by atoms with Gasteiger partial charge >= 0.3 is 6.01 Å². The van der Waals surface area contributed by atoms with E-state index in [1.807, 2.05) is 6.07 Å². The van der Waals surface area contributed by atoms with Crippen LogP contribution in [0.3, 0.4) is 0 Å². The van der Waals surface area contributed by atoms with Crippen molar-refractivity contribution in [3.63, 3.8) is 0 Å². The first-order chi connectivity index (χ1) is 9.19. The zero-order valence-electron chi connectivity index (χ0n) is 10.6. The van der Waals surface area contributed by atoms with Crippen LogP contribution in [0.25, 0.3) is 0 Å². The second kappa shape index (κ2) is 4.46. The lowest BCUT2D eigenvalue weighted by Crippen LogP contribution is -2.11. The first-order valence-corrected chi connectivity index (χ1v) is 5.98. The van der Waals surface area contributed by atoms with Crippen LogP contribution >= 0.6 is 0 Å². The zero-order chi connectivity index (χ0) is 13.4. The highest BCUT2D eigenvalue weighted by molar-refractivity contribution is 5.60. The molecule has 1 aliphatic rings. The molecule has 1 aromatic carbocycles. The van der Waals surface area contributed by atoms with Crippen molar-refractivity contribution in [1.82, 2.24) is 15.0 Å². The molecule has 0 spiro atoms. The summed E-state index contributed by atoms with van der Waals surface area (Å²) in [5.41, 5.74) is 1.40. The minimum absolute atomic E-state index is 0.0821. The summed E-state index contributed by atoms with van der Waals surface area (Å²) in [6.07, 6.45) is 0. The molecule has 0 amide bonds. The third-order valence-electron chi connectivity index (χ3n) is 3.14. The number of methoxy groups -OCH3 is 1. The van der Waals surface area contributed by atoms with E-state index in [1.165, 1.54) is 13.2 Å². The van der Waals surface area contributed by atoms with Gasteiger partial charge in [0, 0.05) is 6.54 Å². The Labute approximate surface area is 109 Å². The third kappa shape index (κ3) is 1.99. The maximum absolute atomic E-state index is 13.7. The van der Waals surface area contributed by atoms with Crippen molar-refractivity contribution in [2.75, 3.05) is 19.0 Å². The number of nitrogens with one attached hydrogen (secondary N) is 1. The number of aryl methyl sites for hydroxylation is 1. The average molecular weight is 260 g/mol. The van der Waals surface area contributed by atoms with Crippen molar-refractivity contribution < 1.29 is 9.13 Å². The van der Waals surface area contributed by atoms with E-state index in [2.05, 4.69) is 20.3 Å². The summed E-state index contributed by atoms with van der Waals surface area (Å²) < 4.78 is 18.7. The van der Waals surface area contributed by atoms with Crippen LogP contribution in [-0.2, 0) is 0 Å². The summed E-state index contributed by atoms with van der Waals surface area (Å²) in [5.74, 6) is 0.854. The summed E-state index contributed by atoms with van der Waals surface area (Å²) >= 11 is 0. The number of ether oxygens (including phenoxy) is 1. The highest BCUT2D eigenvalue weighted by atomic mass is 19.1. The van der Waals surface area contributed by atoms with Gasteiger partial charge in [-0.1, -0.05) is 12.1 Å². The van der Waals surface area contributed by atoms with Gasteiger partial charge < -0.3 is 10.1 Å². The maximum atomic E-state index is 13.7. The number of anilines is 1. The Morgan fingerprint density at radius 3 is 2.95 bits per heavy atom. The predicted molar refractivity (Wildman–Crippen MR) is 67.8 cm³/mol. The number of nitrogens with zero attached hydrogens (tertiary/aromatic N) is 3. The van der Waals surface area contributed by atoms with Crippen molar-refractivity contribution in [3.8, 4) is 6.01 Å². The fourth-order valence-corrected chi connectivity index (χ4v) is 2.29. The second-order valence-corrected chi connectivity index (χ2v) is 4.37. The minimum Gasteiger partial charge on any atom is -0.467 e. The molecule has 1 aromatic heterocycles. The molecular weight excluding hydrogens is 247 g/mol. The summed E-state index contributed by atoms with van der Waals surface area (Å²) in [6, 6.07) is 5.30. The lowest BCUT2D eigenvalue weighted by atomic mass is 10.0. The number of hydrogen-bond acceptors (Lipinski definition) is 5. The summed E-state index contributed by atoms with van der Waals surface area (Å²) in [6.45, 7) is 2.35. The SMILES string of the molecule is COc1nc(C)nc(C2CNc3c(F)cccc32)n1. The standard InChI is InChI=1S/C13H13FN4O/c1-7-16-12(18-13(17-7)19-2)9-6-15-11-8(9)4-3-5-10(11)14/h3-5,9,15H,6H2,1-2H3. The molecule has 3 rings (SSSR count). The van der Waals surface area contributed by atoms with Crippen molar-refractivity contribution in [3.05, 3.63) is 41.2 Å². The molecule has 0 saturated heterocycles. The van der Waals surface area contributed by atoms with Gasteiger partial charge in [0.15, 0.2) is 0 Å². The quantitative estimate of drug-likeness (QED) is 0.893. The number of aromatic nitrogens is 3. The van der Waals surface area contributed by atoms with Gasteiger partial charge in [0.1, 0.15) is 17.5 Å². The van der Waals surface area contributed by atoms with E-state index >= 15 is 0 Å². The molecule has 0 saturated carbocycles. The van der Waals surface area contributed by atoms with Crippen LogP contribution in [0.1, 0.15) is 23.1 Å². The van der Waals surface area contributed by atoms with E-state index in [9.17, 15) is 4.39 Å². The largest absolute Gasteiger partial charge is 0.467 e. The Bertz CT molecular complexity index is 632. The summed E-state index contributed by atoms with van der Waals surface area (Å²) in [4.78, 5) is 12.6. The van der Waals surface area contributed by atoms with E-state index in [1.54, 1.807) is 13.0 Å². The molecule has 1 atom stereocenters. The van der Waals surface area contributed by atoms with Crippen LogP contribution in [0.2, 0.25) is 0 Å². The first-order valence-electron chi connectivity index (χ1n) is 5.98. The molecule has 6 heteroatoms. The third-order valence-corrected chi connectivity index (χ3v) is 3.14. The Kier molecular flexibility index (Phi) is 2.77. The molecule has 1 aliphatic heterocycles. The van der Waals surface area contributed by atoms with E-state index in [4.69, 9.17) is 4.74 Å². The molecular formula is C13H13FN4O. The van der Waals surface area contributed by atoms with Gasteiger partial charge in [-0.05, 0) is 18.6 Å². The average Bonchev–Trinajstić information content (AvgIpc) is 2.83. The molecule has 2 aromatic rings. The van der Waals surface area contributed by atoms with Crippen LogP contribution in [0, 0.1) is 12.7 Å². The lowest BCUT2D eigenvalue weighted by Gasteiger charge is -2.10. The topological polar surface area (TPSA) is 59.9 Å². The van der Waals surface area contributed by atoms with Crippen LogP contribution in [-0.4, -0.2) is 28.6 Å². The number of fused-ring (bicyclic) bond motifs is 1. The molecule has 1 unspecified atom stereocenters. The van der Waals surface area contributed by atoms with Crippen molar-refractivity contribution >= 4 is 5.69 Å². The van der Waals surface area contributed by atoms with Gasteiger partial charge in [-0.2, -0.15) is 9.97 Å². The van der Waals surface area contributed by atoms with Gasteiger partial charge in [-0.25, -0.2) is 9.37 Å². The van der Waals surface area contributed by atoms with Gasteiger partial charge in [0.2, 0.25) is 0 Å². The monoisotopic (exact) mass is 260 g/mol. The minimum atomic E-state index is -0.252. The molecule has 0 fully saturated rings. The highest BCUT2D eigenvalue weighted by Gasteiger charge is 2.28. The molecule has 1 N–H and O–H groups in total. The summed E-state index contributed by atoms with van der Waals surface area (Å²) in [5, 5.41) is 3.06. The predicted octanol–water partition coefficient (Wildman–Crippen LogP) is 1.89. The Hall–Kier alpha value is -2.24. The molecule has 5 nitrogen and oxygen atoms in total. The first kappa shape index (κ1) is 11.8. The van der Waals surface area contributed by atoms with E-state index in [0.717, 1.165) is 5.56 Å². The van der Waals surface area contributed by atoms with Crippen LogP contribution in [0.4, 0.5) is 10.1 Å². The smallest absolute Gasteiger partial charge is 0.319 e. The Morgan fingerprint density at radius 1 is 1.32 bits per heavy atom. The number of halogens is 1. The normalized spacial score (nSPS) is 16.9. The molecule has 0 aliphatic carbocycles. The van der Waals surface area contributed by atoms with E-state index < -0.39 is 0 Å². The Morgan fingerprint density at radius 2 is 2.16 bits per heavy atom. The van der Waals surface area contributed by atoms with Crippen molar-refractivity contribution in [2.24, 2.45) is 0 Å². The number of hydrogen-bond donors (Lipinski definition) is 1. The lowest BCUT2D eigenvalue weighted by molar-refractivity contribution is 0.373. The van der Waals surface area contributed by atoms with Crippen molar-refractivity contribution in [1.29, 1.82) is 0 Å². The second-order valence-electron chi connectivity index (χ2n) is 4.37. The van der Waals surface area contributed by atoms with E-state index in [0.29, 0.717) is 23.9 Å². The number of benzene rings is 1. The Balaban J connectivity index is 2.06. The number of para-hydroxylation sites is 1. The van der Waals surface area contributed by atoms with Crippen LogP contribution in [0.5, 0.6) is 6.01 Å². The van der Waals surface area contributed by atoms with Gasteiger partial charge in [-0.3, -0.25) is 0 Å². The molecule has 98 valence electrons. The van der Waals surface area contributed by atoms with Crippen molar-refractivity contribution in [2.45, 2.75) is 12.8 Å². The van der Waals surface area contributed by atoms with Crippen LogP contribution in [0.15, 0.2) is 18.2 Å². The number of rotatable bonds is 2. The fraction of sp³-hybridized carbons (Fsp3) is 0.308. The zero-order valence-corrected chi connectivity index (χ0v) is 10.6. The molecule has 2 heterocycles. The molecule has 0 bridgehead atoms. The molecule has 0 radical (unpaired) electrons. The maximum Gasteiger partial charge on any atom is 0.319 e. The summed E-state index contributed by atoms with van der Waals surface area (Å²) in [7, 11) is 1.51. The van der Waals surface area contributed by atoms with Crippen LogP contribution < -0.4 is 10.1 Å². The van der Waals surface area contributed by atoms with Gasteiger partial charge in [0.25, 0.3) is 0 Å². The highest BCUT2D eigenvalue weighted by Crippen LogP contribution is 2.36.